The van der Waals surface area contributed by atoms with Gasteiger partial charge >= 0.3 is 0 Å². The van der Waals surface area contributed by atoms with Crippen molar-refractivity contribution in [3.05, 3.63) is 63.1 Å². The average Bonchev–Trinajstić information content (AvgIpc) is 2.47. The van der Waals surface area contributed by atoms with Crippen molar-refractivity contribution < 1.29 is 9.53 Å². The van der Waals surface area contributed by atoms with Crippen LogP contribution in [0.1, 0.15) is 27.2 Å². The monoisotopic (exact) mass is 268 g/mol. The first-order valence-corrected chi connectivity index (χ1v) is 5.89. The van der Waals surface area contributed by atoms with Gasteiger partial charge in [0.15, 0.2) is 5.78 Å². The molecule has 0 radical (unpaired) electrons. The fourth-order valence-electron chi connectivity index (χ4n) is 1.86. The van der Waals surface area contributed by atoms with Gasteiger partial charge < -0.3 is 9.72 Å². The number of rotatable bonds is 3. The number of aromatic nitrogens is 1. The third-order valence-corrected chi connectivity index (χ3v) is 2.94. The molecule has 2 aromatic rings. The molecule has 0 atom stereocenters. The molecule has 0 saturated heterocycles. The maximum absolute atomic E-state index is 12.4. The summed E-state index contributed by atoms with van der Waals surface area (Å²) in [7, 11) is 1.52. The highest BCUT2D eigenvalue weighted by molar-refractivity contribution is 6.10. The fourth-order valence-corrected chi connectivity index (χ4v) is 1.86. The van der Waals surface area contributed by atoms with Gasteiger partial charge in [0.05, 0.1) is 7.11 Å². The molecule has 1 N–H and O–H groups in total. The van der Waals surface area contributed by atoms with E-state index in [1.807, 2.05) is 0 Å². The van der Waals surface area contributed by atoms with Crippen LogP contribution >= 0.6 is 0 Å². The van der Waals surface area contributed by atoms with Crippen LogP contribution < -0.4 is 10.3 Å². The number of ether oxygens (including phenoxy) is 1. The zero-order chi connectivity index (χ0) is 14.7. The van der Waals surface area contributed by atoms with Crippen molar-refractivity contribution in [1.29, 1.82) is 5.26 Å². The van der Waals surface area contributed by atoms with E-state index in [4.69, 9.17) is 10.00 Å². The van der Waals surface area contributed by atoms with Gasteiger partial charge in [-0.3, -0.25) is 9.59 Å². The largest absolute Gasteiger partial charge is 0.497 e. The summed E-state index contributed by atoms with van der Waals surface area (Å²) in [5, 5.41) is 8.87. The highest BCUT2D eigenvalue weighted by Crippen LogP contribution is 2.17. The van der Waals surface area contributed by atoms with Crippen LogP contribution in [0.4, 0.5) is 0 Å². The molecule has 2 rings (SSSR count). The van der Waals surface area contributed by atoms with E-state index in [9.17, 15) is 9.59 Å². The molecule has 0 aliphatic carbocycles. The molecule has 1 aromatic heterocycles. The first-order valence-electron chi connectivity index (χ1n) is 5.89. The molecule has 100 valence electrons. The summed E-state index contributed by atoms with van der Waals surface area (Å²) in [6.07, 6.45) is 0. The Balaban J connectivity index is 2.53. The van der Waals surface area contributed by atoms with Crippen molar-refractivity contribution in [1.82, 2.24) is 4.98 Å². The van der Waals surface area contributed by atoms with Crippen LogP contribution in [-0.2, 0) is 0 Å². The number of pyridine rings is 1. The SMILES string of the molecule is COc1cccc(C(=O)c2cc(C#N)c(=O)[nH]c2C)c1. The molecule has 0 bridgehead atoms. The summed E-state index contributed by atoms with van der Waals surface area (Å²) in [6, 6.07) is 9.79. The van der Waals surface area contributed by atoms with E-state index in [2.05, 4.69) is 4.98 Å². The number of nitrogens with one attached hydrogen (secondary N) is 1. The lowest BCUT2D eigenvalue weighted by molar-refractivity contribution is 0.103. The first-order chi connectivity index (χ1) is 9.56. The Morgan fingerprint density at radius 1 is 1.35 bits per heavy atom. The lowest BCUT2D eigenvalue weighted by atomic mass is 10.0. The van der Waals surface area contributed by atoms with Crippen LogP contribution in [0.3, 0.4) is 0 Å². The Morgan fingerprint density at radius 3 is 2.75 bits per heavy atom. The zero-order valence-electron chi connectivity index (χ0n) is 11.1. The van der Waals surface area contributed by atoms with E-state index in [-0.39, 0.29) is 11.3 Å². The number of carbonyl (C=O) groups is 1. The minimum Gasteiger partial charge on any atom is -0.497 e. The molecule has 0 saturated carbocycles. The lowest BCUT2D eigenvalue weighted by Crippen LogP contribution is -2.16. The number of nitriles is 1. The van der Waals surface area contributed by atoms with E-state index in [0.717, 1.165) is 0 Å². The molecule has 0 unspecified atom stereocenters. The maximum Gasteiger partial charge on any atom is 0.266 e. The number of methoxy groups -OCH3 is 1. The van der Waals surface area contributed by atoms with Gasteiger partial charge in [0.1, 0.15) is 17.4 Å². The number of aromatic amines is 1. The van der Waals surface area contributed by atoms with Gasteiger partial charge in [-0.2, -0.15) is 5.26 Å². The van der Waals surface area contributed by atoms with Crippen molar-refractivity contribution >= 4 is 5.78 Å². The summed E-state index contributed by atoms with van der Waals surface area (Å²) >= 11 is 0. The van der Waals surface area contributed by atoms with Gasteiger partial charge in [-0.15, -0.1) is 0 Å². The van der Waals surface area contributed by atoms with Gasteiger partial charge in [0.2, 0.25) is 0 Å². The fraction of sp³-hybridized carbons (Fsp3) is 0.133. The van der Waals surface area contributed by atoms with Crippen molar-refractivity contribution in [3.8, 4) is 11.8 Å². The van der Waals surface area contributed by atoms with Gasteiger partial charge in [-0.1, -0.05) is 12.1 Å². The summed E-state index contributed by atoms with van der Waals surface area (Å²) in [5.74, 6) is 0.299. The minimum atomic E-state index is -0.493. The number of aryl methyl sites for hydroxylation is 1. The molecule has 20 heavy (non-hydrogen) atoms. The second kappa shape index (κ2) is 5.41. The van der Waals surface area contributed by atoms with Crippen LogP contribution in [0.5, 0.6) is 5.75 Å². The molecule has 0 spiro atoms. The van der Waals surface area contributed by atoms with Crippen molar-refractivity contribution in [2.24, 2.45) is 0 Å². The Hall–Kier alpha value is -2.87. The van der Waals surface area contributed by atoms with E-state index < -0.39 is 5.56 Å². The van der Waals surface area contributed by atoms with Crippen LogP contribution in [0, 0.1) is 18.3 Å². The van der Waals surface area contributed by atoms with Gasteiger partial charge in [-0.05, 0) is 25.1 Å². The third-order valence-electron chi connectivity index (χ3n) is 2.94. The van der Waals surface area contributed by atoms with Crippen LogP contribution in [-0.4, -0.2) is 17.9 Å². The summed E-state index contributed by atoms with van der Waals surface area (Å²) in [6.45, 7) is 1.62. The normalized spacial score (nSPS) is 9.85. The van der Waals surface area contributed by atoms with Crippen molar-refractivity contribution in [3.63, 3.8) is 0 Å². The molecule has 0 aliphatic heterocycles. The Kier molecular flexibility index (Phi) is 3.67. The topological polar surface area (TPSA) is 82.9 Å². The first kappa shape index (κ1) is 13.6. The molecule has 1 heterocycles. The predicted molar refractivity (Wildman–Crippen MR) is 72.9 cm³/mol. The molecule has 1 aromatic carbocycles. The number of nitrogens with zero attached hydrogens (tertiary/aromatic N) is 1. The zero-order valence-corrected chi connectivity index (χ0v) is 11.1. The highest BCUT2D eigenvalue weighted by atomic mass is 16.5. The molecular formula is C15H12N2O3. The van der Waals surface area contributed by atoms with Crippen molar-refractivity contribution in [2.75, 3.05) is 7.11 Å². The Labute approximate surface area is 115 Å². The summed E-state index contributed by atoms with van der Waals surface area (Å²) in [5.41, 5.74) is 0.591. The predicted octanol–water partition coefficient (Wildman–Crippen LogP) is 1.79. The number of H-pyrrole nitrogens is 1. The van der Waals surface area contributed by atoms with Crippen molar-refractivity contribution in [2.45, 2.75) is 6.92 Å². The Bertz CT molecular complexity index is 769. The Morgan fingerprint density at radius 2 is 2.10 bits per heavy atom. The highest BCUT2D eigenvalue weighted by Gasteiger charge is 2.15. The third kappa shape index (κ3) is 2.45. The number of benzene rings is 1. The second-order valence-corrected chi connectivity index (χ2v) is 4.22. The quantitative estimate of drug-likeness (QED) is 0.860. The number of hydrogen-bond acceptors (Lipinski definition) is 4. The standard InChI is InChI=1S/C15H12N2O3/c1-9-13(7-11(8-16)15(19)17-9)14(18)10-4-3-5-12(6-10)20-2/h3-7H,1-2H3,(H,17,19). The minimum absolute atomic E-state index is 0.0816. The number of carbonyl (C=O) groups excluding carboxylic acids is 1. The summed E-state index contributed by atoms with van der Waals surface area (Å²) in [4.78, 5) is 26.4. The van der Waals surface area contributed by atoms with Gasteiger partial charge in [-0.25, -0.2) is 0 Å². The molecule has 5 nitrogen and oxygen atoms in total. The average molecular weight is 268 g/mol. The molecule has 0 amide bonds. The molecule has 5 heteroatoms. The van der Waals surface area contributed by atoms with E-state index in [1.165, 1.54) is 13.2 Å². The molecular weight excluding hydrogens is 256 g/mol. The molecule has 0 fully saturated rings. The van der Waals surface area contributed by atoms with Crippen LogP contribution in [0.2, 0.25) is 0 Å². The number of hydrogen-bond donors (Lipinski definition) is 1. The second-order valence-electron chi connectivity index (χ2n) is 4.22. The van der Waals surface area contributed by atoms with Crippen LogP contribution in [0.15, 0.2) is 35.1 Å². The van der Waals surface area contributed by atoms with Gasteiger partial charge in [0, 0.05) is 16.8 Å². The van der Waals surface area contributed by atoms with Crippen LogP contribution in [0.25, 0.3) is 0 Å². The van der Waals surface area contributed by atoms with E-state index >= 15 is 0 Å². The lowest BCUT2D eigenvalue weighted by Gasteiger charge is -2.07. The summed E-state index contributed by atoms with van der Waals surface area (Å²) < 4.78 is 5.07. The molecule has 0 aliphatic rings. The van der Waals surface area contributed by atoms with E-state index in [0.29, 0.717) is 22.6 Å². The van der Waals surface area contributed by atoms with Gasteiger partial charge in [0.25, 0.3) is 5.56 Å². The number of ketones is 1. The smallest absolute Gasteiger partial charge is 0.266 e. The maximum atomic E-state index is 12.4. The van der Waals surface area contributed by atoms with E-state index in [1.54, 1.807) is 37.3 Å².